The van der Waals surface area contributed by atoms with E-state index in [1.54, 1.807) is 6.33 Å². The molecule has 1 aromatic rings. The van der Waals surface area contributed by atoms with Gasteiger partial charge in [-0.05, 0) is 12.3 Å². The number of aromatic nitrogens is 2. The molecule has 2 fully saturated rings. The molecule has 0 spiro atoms. The van der Waals surface area contributed by atoms with Crippen LogP contribution in [-0.4, -0.2) is 40.7 Å². The lowest BCUT2D eigenvalue weighted by molar-refractivity contribution is -0.0442. The fourth-order valence-electron chi connectivity index (χ4n) is 3.47. The van der Waals surface area contributed by atoms with Crippen molar-refractivity contribution in [1.82, 2.24) is 14.9 Å². The molecule has 1 saturated carbocycles. The number of hydrogen-bond acceptors (Lipinski definition) is 3. The summed E-state index contributed by atoms with van der Waals surface area (Å²) >= 11 is 0. The standard InChI is InChI=1S/C15H25N3O/c1-2-4-13(5-3-1)8-15-11-18(6-7-19-15)10-14-9-16-12-17-14/h9,12-13,15H,1-8,10-11H2,(H,16,17). The summed E-state index contributed by atoms with van der Waals surface area (Å²) in [6, 6.07) is 0. The molecule has 2 heterocycles. The van der Waals surface area contributed by atoms with E-state index in [9.17, 15) is 0 Å². The topological polar surface area (TPSA) is 41.2 Å². The van der Waals surface area contributed by atoms with Gasteiger partial charge in [0.05, 0.1) is 19.0 Å². The zero-order valence-electron chi connectivity index (χ0n) is 11.7. The molecular formula is C15H25N3O. The highest BCUT2D eigenvalue weighted by molar-refractivity contribution is 4.94. The minimum Gasteiger partial charge on any atom is -0.376 e. The van der Waals surface area contributed by atoms with Gasteiger partial charge < -0.3 is 9.72 Å². The maximum Gasteiger partial charge on any atom is 0.0922 e. The number of imidazole rings is 1. The van der Waals surface area contributed by atoms with Gasteiger partial charge in [0.25, 0.3) is 0 Å². The van der Waals surface area contributed by atoms with Gasteiger partial charge in [0.15, 0.2) is 0 Å². The van der Waals surface area contributed by atoms with Gasteiger partial charge in [-0.3, -0.25) is 4.90 Å². The monoisotopic (exact) mass is 263 g/mol. The third kappa shape index (κ3) is 3.80. The molecule has 106 valence electrons. The number of aromatic amines is 1. The van der Waals surface area contributed by atoms with Crippen LogP contribution in [0, 0.1) is 5.92 Å². The van der Waals surface area contributed by atoms with Gasteiger partial charge in [0.2, 0.25) is 0 Å². The molecule has 1 aliphatic heterocycles. The third-order valence-electron chi connectivity index (χ3n) is 4.49. The summed E-state index contributed by atoms with van der Waals surface area (Å²) in [5.41, 5.74) is 1.21. The van der Waals surface area contributed by atoms with Gasteiger partial charge in [-0.1, -0.05) is 32.1 Å². The van der Waals surface area contributed by atoms with Crippen molar-refractivity contribution in [3.8, 4) is 0 Å². The molecule has 1 saturated heterocycles. The van der Waals surface area contributed by atoms with Crippen molar-refractivity contribution >= 4 is 0 Å². The van der Waals surface area contributed by atoms with E-state index in [-0.39, 0.29) is 0 Å². The van der Waals surface area contributed by atoms with Crippen molar-refractivity contribution < 1.29 is 4.74 Å². The van der Waals surface area contributed by atoms with Crippen LogP contribution in [0.2, 0.25) is 0 Å². The molecule has 1 aliphatic carbocycles. The van der Waals surface area contributed by atoms with Crippen molar-refractivity contribution in [2.24, 2.45) is 5.92 Å². The van der Waals surface area contributed by atoms with Crippen molar-refractivity contribution in [1.29, 1.82) is 0 Å². The molecule has 1 N–H and O–H groups in total. The summed E-state index contributed by atoms with van der Waals surface area (Å²) < 4.78 is 5.96. The molecule has 4 nitrogen and oxygen atoms in total. The number of rotatable bonds is 4. The molecule has 2 aliphatic rings. The van der Waals surface area contributed by atoms with Crippen molar-refractivity contribution in [3.63, 3.8) is 0 Å². The van der Waals surface area contributed by atoms with E-state index in [0.717, 1.165) is 32.2 Å². The van der Waals surface area contributed by atoms with Crippen LogP contribution in [-0.2, 0) is 11.3 Å². The quantitative estimate of drug-likeness (QED) is 0.907. The fraction of sp³-hybridized carbons (Fsp3) is 0.800. The second-order valence-electron chi connectivity index (χ2n) is 6.04. The number of H-pyrrole nitrogens is 1. The lowest BCUT2D eigenvalue weighted by Crippen LogP contribution is -2.42. The van der Waals surface area contributed by atoms with Crippen LogP contribution >= 0.6 is 0 Å². The maximum atomic E-state index is 5.96. The highest BCUT2D eigenvalue weighted by Gasteiger charge is 2.24. The Hall–Kier alpha value is -0.870. The van der Waals surface area contributed by atoms with Crippen LogP contribution < -0.4 is 0 Å². The predicted octanol–water partition coefficient (Wildman–Crippen LogP) is 2.58. The van der Waals surface area contributed by atoms with Gasteiger partial charge in [0.1, 0.15) is 0 Å². The van der Waals surface area contributed by atoms with Crippen molar-refractivity contribution in [3.05, 3.63) is 18.2 Å². The summed E-state index contributed by atoms with van der Waals surface area (Å²) in [6.07, 6.45) is 12.5. The van der Waals surface area contributed by atoms with Gasteiger partial charge in [0, 0.05) is 31.5 Å². The molecule has 0 radical (unpaired) electrons. The van der Waals surface area contributed by atoms with E-state index in [1.807, 2.05) is 6.20 Å². The Morgan fingerprint density at radius 2 is 2.21 bits per heavy atom. The van der Waals surface area contributed by atoms with Crippen LogP contribution in [0.25, 0.3) is 0 Å². The summed E-state index contributed by atoms with van der Waals surface area (Å²) in [5.74, 6) is 0.908. The van der Waals surface area contributed by atoms with Crippen LogP contribution in [0.1, 0.15) is 44.2 Å². The first-order valence-corrected chi connectivity index (χ1v) is 7.71. The lowest BCUT2D eigenvalue weighted by Gasteiger charge is -2.35. The van der Waals surface area contributed by atoms with E-state index in [0.29, 0.717) is 6.10 Å². The fourth-order valence-corrected chi connectivity index (χ4v) is 3.47. The Morgan fingerprint density at radius 3 is 3.00 bits per heavy atom. The van der Waals surface area contributed by atoms with Crippen LogP contribution in [0.15, 0.2) is 12.5 Å². The molecule has 19 heavy (non-hydrogen) atoms. The molecule has 1 unspecified atom stereocenters. The molecule has 0 aromatic carbocycles. The Bertz CT molecular complexity index is 359. The normalized spacial score (nSPS) is 26.6. The molecular weight excluding hydrogens is 238 g/mol. The first-order chi connectivity index (χ1) is 9.40. The summed E-state index contributed by atoms with van der Waals surface area (Å²) in [5, 5.41) is 0. The van der Waals surface area contributed by atoms with E-state index in [4.69, 9.17) is 4.74 Å². The first kappa shape index (κ1) is 13.1. The average molecular weight is 263 g/mol. The molecule has 3 rings (SSSR count). The van der Waals surface area contributed by atoms with Crippen LogP contribution in [0.3, 0.4) is 0 Å². The minimum absolute atomic E-state index is 0.444. The maximum absolute atomic E-state index is 5.96. The highest BCUT2D eigenvalue weighted by atomic mass is 16.5. The third-order valence-corrected chi connectivity index (χ3v) is 4.49. The van der Waals surface area contributed by atoms with Gasteiger partial charge in [-0.25, -0.2) is 4.98 Å². The number of nitrogens with one attached hydrogen (secondary N) is 1. The van der Waals surface area contributed by atoms with Crippen molar-refractivity contribution in [2.45, 2.75) is 51.2 Å². The Morgan fingerprint density at radius 1 is 1.32 bits per heavy atom. The van der Waals surface area contributed by atoms with E-state index < -0.39 is 0 Å². The van der Waals surface area contributed by atoms with Gasteiger partial charge in [-0.2, -0.15) is 0 Å². The number of morpholine rings is 1. The number of nitrogens with zero attached hydrogens (tertiary/aromatic N) is 2. The predicted molar refractivity (Wildman–Crippen MR) is 74.8 cm³/mol. The Kier molecular flexibility index (Phi) is 4.51. The largest absolute Gasteiger partial charge is 0.376 e. The van der Waals surface area contributed by atoms with Gasteiger partial charge in [-0.15, -0.1) is 0 Å². The summed E-state index contributed by atoms with van der Waals surface area (Å²) in [7, 11) is 0. The molecule has 0 bridgehead atoms. The Labute approximate surface area is 115 Å². The molecule has 1 aromatic heterocycles. The van der Waals surface area contributed by atoms with Crippen LogP contribution in [0.4, 0.5) is 0 Å². The minimum atomic E-state index is 0.444. The van der Waals surface area contributed by atoms with Crippen LogP contribution in [0.5, 0.6) is 0 Å². The zero-order chi connectivity index (χ0) is 12.9. The van der Waals surface area contributed by atoms with E-state index in [1.165, 1.54) is 44.2 Å². The molecule has 1 atom stereocenters. The van der Waals surface area contributed by atoms with E-state index in [2.05, 4.69) is 14.9 Å². The molecule has 0 amide bonds. The number of hydrogen-bond donors (Lipinski definition) is 1. The Balaban J connectivity index is 1.47. The van der Waals surface area contributed by atoms with Crippen molar-refractivity contribution in [2.75, 3.05) is 19.7 Å². The smallest absolute Gasteiger partial charge is 0.0922 e. The summed E-state index contributed by atoms with van der Waals surface area (Å²) in [4.78, 5) is 9.76. The average Bonchev–Trinajstić information content (AvgIpc) is 2.93. The van der Waals surface area contributed by atoms with Gasteiger partial charge >= 0.3 is 0 Å². The highest BCUT2D eigenvalue weighted by Crippen LogP contribution is 2.29. The summed E-state index contributed by atoms with van der Waals surface area (Å²) in [6.45, 7) is 3.98. The molecule has 4 heteroatoms. The number of ether oxygens (including phenoxy) is 1. The SMILES string of the molecule is c1ncc(CN2CCOC(CC3CCCCC3)C2)[nH]1. The van der Waals surface area contributed by atoms with E-state index >= 15 is 0 Å². The lowest BCUT2D eigenvalue weighted by atomic mass is 9.85. The zero-order valence-corrected chi connectivity index (χ0v) is 11.7. The second-order valence-corrected chi connectivity index (χ2v) is 6.04. The second kappa shape index (κ2) is 6.53. The first-order valence-electron chi connectivity index (χ1n) is 7.71.